The number of carbonyl (C=O) groups excluding carboxylic acids is 1. The van der Waals surface area contributed by atoms with Crippen molar-refractivity contribution in [2.45, 2.75) is 13.8 Å². The average molecular weight is 367 g/mol. The molecule has 0 spiro atoms. The van der Waals surface area contributed by atoms with Crippen LogP contribution in [0.15, 0.2) is 30.3 Å². The van der Waals surface area contributed by atoms with Crippen LogP contribution in [-0.4, -0.2) is 19.2 Å². The SMILES string of the molecule is CCOC(=O)c1c(OCC)cc2ssc(-c3ccc(Cl)cc3)c1-2. The summed E-state index contributed by atoms with van der Waals surface area (Å²) in [6.07, 6.45) is 0. The maximum atomic E-state index is 12.4. The Balaban J connectivity index is 2.16. The van der Waals surface area contributed by atoms with Crippen LogP contribution in [0.4, 0.5) is 0 Å². The molecule has 23 heavy (non-hydrogen) atoms. The summed E-state index contributed by atoms with van der Waals surface area (Å²) < 4.78 is 10.9. The Bertz CT molecular complexity index is 789. The first-order chi connectivity index (χ1) is 11.2. The molecule has 3 nitrogen and oxygen atoms in total. The quantitative estimate of drug-likeness (QED) is 0.422. The largest absolute Gasteiger partial charge is 0.493 e. The first-order valence-corrected chi connectivity index (χ1v) is 9.79. The average Bonchev–Trinajstić information content (AvgIpc) is 3.07. The van der Waals surface area contributed by atoms with E-state index in [1.165, 1.54) is 0 Å². The normalized spacial score (nSPS) is 10.9. The zero-order valence-electron chi connectivity index (χ0n) is 12.7. The van der Waals surface area contributed by atoms with Crippen molar-refractivity contribution < 1.29 is 14.3 Å². The summed E-state index contributed by atoms with van der Waals surface area (Å²) in [5, 5.41) is 0.688. The van der Waals surface area contributed by atoms with Crippen molar-refractivity contribution in [3.05, 3.63) is 40.9 Å². The molecule has 120 valence electrons. The second-order valence-corrected chi connectivity index (χ2v) is 7.40. The highest BCUT2D eigenvalue weighted by atomic mass is 35.5. The Morgan fingerprint density at radius 1 is 1.13 bits per heavy atom. The minimum atomic E-state index is -0.341. The summed E-state index contributed by atoms with van der Waals surface area (Å²) in [6, 6.07) is 9.55. The molecule has 0 N–H and O–H groups in total. The number of fused-ring (bicyclic) bond motifs is 1. The van der Waals surface area contributed by atoms with Gasteiger partial charge in [0.1, 0.15) is 11.3 Å². The molecule has 1 aliphatic carbocycles. The van der Waals surface area contributed by atoms with E-state index in [1.807, 2.05) is 37.3 Å². The number of rotatable bonds is 5. The smallest absolute Gasteiger partial charge is 0.342 e. The van der Waals surface area contributed by atoms with Gasteiger partial charge in [-0.3, -0.25) is 0 Å². The van der Waals surface area contributed by atoms with Crippen molar-refractivity contribution in [1.82, 2.24) is 0 Å². The van der Waals surface area contributed by atoms with E-state index in [0.29, 0.717) is 29.5 Å². The topological polar surface area (TPSA) is 35.5 Å². The van der Waals surface area contributed by atoms with Gasteiger partial charge in [-0.25, -0.2) is 4.79 Å². The third kappa shape index (κ3) is 3.09. The van der Waals surface area contributed by atoms with Crippen LogP contribution in [0, 0.1) is 0 Å². The number of hydrogen-bond acceptors (Lipinski definition) is 5. The Labute approximate surface area is 147 Å². The number of esters is 1. The van der Waals surface area contributed by atoms with Crippen molar-refractivity contribution in [2.75, 3.05) is 13.2 Å². The predicted octanol–water partition coefficient (Wildman–Crippen LogP) is 5.81. The van der Waals surface area contributed by atoms with Crippen LogP contribution in [0.1, 0.15) is 24.2 Å². The van der Waals surface area contributed by atoms with Gasteiger partial charge in [0.2, 0.25) is 0 Å². The van der Waals surface area contributed by atoms with Crippen LogP contribution in [0.2, 0.25) is 5.02 Å². The third-order valence-corrected chi connectivity index (χ3v) is 6.06. The van der Waals surface area contributed by atoms with Crippen LogP contribution in [0.25, 0.3) is 20.9 Å². The van der Waals surface area contributed by atoms with Gasteiger partial charge in [-0.05, 0) is 37.6 Å². The van der Waals surface area contributed by atoms with E-state index in [9.17, 15) is 4.79 Å². The molecule has 0 bridgehead atoms. The molecule has 0 unspecified atom stereocenters. The summed E-state index contributed by atoms with van der Waals surface area (Å²) in [4.78, 5) is 14.5. The summed E-state index contributed by atoms with van der Waals surface area (Å²) in [7, 11) is 3.27. The van der Waals surface area contributed by atoms with Crippen molar-refractivity contribution in [1.29, 1.82) is 0 Å². The summed E-state index contributed by atoms with van der Waals surface area (Å²) >= 11 is 5.97. The molecule has 1 aromatic rings. The van der Waals surface area contributed by atoms with E-state index in [1.54, 1.807) is 27.6 Å². The van der Waals surface area contributed by atoms with Gasteiger partial charge in [0.25, 0.3) is 0 Å². The van der Waals surface area contributed by atoms with Gasteiger partial charge in [0.15, 0.2) is 0 Å². The Hall–Kier alpha value is -1.56. The number of carbonyl (C=O) groups is 1. The highest BCUT2D eigenvalue weighted by Gasteiger charge is 2.29. The van der Waals surface area contributed by atoms with E-state index >= 15 is 0 Å². The lowest BCUT2D eigenvalue weighted by Gasteiger charge is -2.07. The molecule has 3 rings (SSSR count). The highest BCUT2D eigenvalue weighted by Crippen LogP contribution is 2.50. The maximum Gasteiger partial charge on any atom is 0.342 e. The van der Waals surface area contributed by atoms with Crippen LogP contribution >= 0.6 is 32.3 Å². The molecule has 0 saturated carbocycles. The molecule has 1 aromatic carbocycles. The minimum absolute atomic E-state index is 0.334. The molecule has 1 heterocycles. The lowest BCUT2D eigenvalue weighted by atomic mass is 10.1. The molecule has 1 aliphatic heterocycles. The predicted molar refractivity (Wildman–Crippen MR) is 96.4 cm³/mol. The molecular formula is C17H15ClO3S2. The fourth-order valence-corrected chi connectivity index (χ4v) is 5.18. The van der Waals surface area contributed by atoms with Gasteiger partial charge < -0.3 is 9.47 Å². The molecule has 0 fully saturated rings. The van der Waals surface area contributed by atoms with Gasteiger partial charge in [0, 0.05) is 10.6 Å². The lowest BCUT2D eigenvalue weighted by Crippen LogP contribution is -2.07. The van der Waals surface area contributed by atoms with Gasteiger partial charge in [-0.2, -0.15) is 0 Å². The molecule has 6 heteroatoms. The fourth-order valence-electron chi connectivity index (χ4n) is 2.40. The minimum Gasteiger partial charge on any atom is -0.493 e. The number of hydrogen-bond donors (Lipinski definition) is 0. The Kier molecular flexibility index (Phi) is 4.90. The first-order valence-electron chi connectivity index (χ1n) is 7.27. The molecule has 0 aromatic heterocycles. The van der Waals surface area contributed by atoms with E-state index in [0.717, 1.165) is 20.9 Å². The number of ether oxygens (including phenoxy) is 2. The monoisotopic (exact) mass is 366 g/mol. The van der Waals surface area contributed by atoms with Gasteiger partial charge in [0.05, 0.1) is 23.0 Å². The van der Waals surface area contributed by atoms with Crippen molar-refractivity contribution in [2.24, 2.45) is 0 Å². The zero-order valence-corrected chi connectivity index (χ0v) is 15.1. The summed E-state index contributed by atoms with van der Waals surface area (Å²) in [6.45, 7) is 4.54. The van der Waals surface area contributed by atoms with Crippen LogP contribution in [-0.2, 0) is 4.74 Å². The molecule has 0 saturated heterocycles. The Morgan fingerprint density at radius 3 is 2.52 bits per heavy atom. The van der Waals surface area contributed by atoms with Crippen LogP contribution < -0.4 is 4.74 Å². The Morgan fingerprint density at radius 2 is 1.87 bits per heavy atom. The highest BCUT2D eigenvalue weighted by molar-refractivity contribution is 7.72. The lowest BCUT2D eigenvalue weighted by molar-refractivity contribution is 0.0523. The van der Waals surface area contributed by atoms with E-state index in [4.69, 9.17) is 21.1 Å². The van der Waals surface area contributed by atoms with Gasteiger partial charge in [-0.1, -0.05) is 44.4 Å². The zero-order chi connectivity index (χ0) is 16.4. The molecule has 0 atom stereocenters. The number of halogens is 1. The van der Waals surface area contributed by atoms with Crippen molar-refractivity contribution in [3.63, 3.8) is 0 Å². The standard InChI is InChI=1S/C17H15ClO3S2/c1-3-20-12-9-13-15(14(12)17(19)21-4-2)16(23-22-13)10-5-7-11(18)8-6-10/h5-9H,3-4H2,1-2H3. The maximum absolute atomic E-state index is 12.4. The number of benzene rings is 1. The van der Waals surface area contributed by atoms with E-state index in [2.05, 4.69) is 0 Å². The third-order valence-electron chi connectivity index (χ3n) is 3.33. The summed E-state index contributed by atoms with van der Waals surface area (Å²) in [5.74, 6) is 0.252. The second kappa shape index (κ2) is 6.91. The van der Waals surface area contributed by atoms with Crippen molar-refractivity contribution >= 4 is 38.3 Å². The second-order valence-electron chi connectivity index (χ2n) is 4.78. The van der Waals surface area contributed by atoms with Crippen LogP contribution in [0.3, 0.4) is 0 Å². The van der Waals surface area contributed by atoms with E-state index < -0.39 is 0 Å². The molecule has 2 aliphatic rings. The molecule has 0 amide bonds. The fraction of sp³-hybridized carbons (Fsp3) is 0.235. The van der Waals surface area contributed by atoms with Crippen LogP contribution in [0.5, 0.6) is 5.75 Å². The summed E-state index contributed by atoms with van der Waals surface area (Å²) in [5.41, 5.74) is 2.46. The molecular weight excluding hydrogens is 352 g/mol. The van der Waals surface area contributed by atoms with E-state index in [-0.39, 0.29) is 5.97 Å². The van der Waals surface area contributed by atoms with Gasteiger partial charge in [-0.15, -0.1) is 0 Å². The van der Waals surface area contributed by atoms with Gasteiger partial charge >= 0.3 is 5.97 Å². The van der Waals surface area contributed by atoms with Crippen molar-refractivity contribution in [3.8, 4) is 26.6 Å². The molecule has 0 radical (unpaired) electrons. The first kappa shape index (κ1) is 16.3.